The van der Waals surface area contributed by atoms with Crippen molar-refractivity contribution in [2.75, 3.05) is 26.2 Å². The van der Waals surface area contributed by atoms with Crippen LogP contribution in [-0.2, 0) is 6.54 Å². The first-order chi connectivity index (χ1) is 12.5. The Labute approximate surface area is 153 Å². The minimum Gasteiger partial charge on any atom is -0.351 e. The molecule has 1 aromatic heterocycles. The number of benzene rings is 1. The topological polar surface area (TPSA) is 87.2 Å². The van der Waals surface area contributed by atoms with Gasteiger partial charge in [0.2, 0.25) is 0 Å². The van der Waals surface area contributed by atoms with E-state index in [1.54, 1.807) is 18.2 Å². The molecule has 0 bridgehead atoms. The van der Waals surface area contributed by atoms with Crippen molar-refractivity contribution < 1.29 is 4.79 Å². The van der Waals surface area contributed by atoms with Crippen molar-refractivity contribution in [3.63, 3.8) is 0 Å². The van der Waals surface area contributed by atoms with Crippen LogP contribution in [0.2, 0.25) is 0 Å². The third-order valence-corrected chi connectivity index (χ3v) is 4.59. The molecule has 0 aliphatic carbocycles. The lowest BCUT2D eigenvalue weighted by molar-refractivity contribution is 0.0949. The Morgan fingerprint density at radius 3 is 2.58 bits per heavy atom. The van der Waals surface area contributed by atoms with Gasteiger partial charge in [-0.3, -0.25) is 14.2 Å². The van der Waals surface area contributed by atoms with Crippen molar-refractivity contribution in [3.05, 3.63) is 44.6 Å². The molecular weight excluding hydrogens is 332 g/mol. The van der Waals surface area contributed by atoms with Crippen molar-refractivity contribution in [2.45, 2.75) is 40.2 Å². The number of nitrogens with one attached hydrogen (secondary N) is 2. The molecule has 0 unspecified atom stereocenters. The molecule has 0 saturated heterocycles. The van der Waals surface area contributed by atoms with Crippen LogP contribution in [0.15, 0.2) is 27.8 Å². The van der Waals surface area contributed by atoms with Gasteiger partial charge in [-0.15, -0.1) is 0 Å². The lowest BCUT2D eigenvalue weighted by atomic mass is 10.1. The van der Waals surface area contributed by atoms with E-state index in [0.717, 1.165) is 32.5 Å². The molecule has 0 aliphatic rings. The number of amides is 1. The maximum Gasteiger partial charge on any atom is 0.328 e. The van der Waals surface area contributed by atoms with Crippen LogP contribution in [0, 0.1) is 0 Å². The number of H-pyrrole nitrogens is 1. The van der Waals surface area contributed by atoms with Crippen molar-refractivity contribution in [1.29, 1.82) is 0 Å². The molecule has 0 spiro atoms. The lowest BCUT2D eigenvalue weighted by Gasteiger charge is -2.18. The Bertz CT molecular complexity index is 865. The van der Waals surface area contributed by atoms with Gasteiger partial charge >= 0.3 is 5.69 Å². The summed E-state index contributed by atoms with van der Waals surface area (Å²) in [4.78, 5) is 41.9. The monoisotopic (exact) mass is 360 g/mol. The molecule has 1 amide bonds. The summed E-state index contributed by atoms with van der Waals surface area (Å²) < 4.78 is 1.22. The Hall–Kier alpha value is -2.41. The van der Waals surface area contributed by atoms with Crippen LogP contribution in [0.25, 0.3) is 10.9 Å². The van der Waals surface area contributed by atoms with Gasteiger partial charge < -0.3 is 15.2 Å². The van der Waals surface area contributed by atoms with Gasteiger partial charge in [-0.2, -0.15) is 0 Å². The largest absolute Gasteiger partial charge is 0.351 e. The number of hydrogen-bond acceptors (Lipinski definition) is 4. The maximum atomic E-state index is 12.5. The molecule has 2 rings (SSSR count). The summed E-state index contributed by atoms with van der Waals surface area (Å²) in [6.45, 7) is 9.77. The normalized spacial score (nSPS) is 11.2. The highest BCUT2D eigenvalue weighted by Gasteiger charge is 2.11. The van der Waals surface area contributed by atoms with Gasteiger partial charge in [-0.05, 0) is 37.7 Å². The first kappa shape index (κ1) is 19.9. The summed E-state index contributed by atoms with van der Waals surface area (Å²) in [5.74, 6) is -0.213. The van der Waals surface area contributed by atoms with Gasteiger partial charge in [-0.1, -0.05) is 27.2 Å². The molecule has 142 valence electrons. The van der Waals surface area contributed by atoms with Gasteiger partial charge in [0.15, 0.2) is 0 Å². The Kier molecular flexibility index (Phi) is 7.15. The van der Waals surface area contributed by atoms with E-state index in [1.807, 2.05) is 6.92 Å². The van der Waals surface area contributed by atoms with Crippen LogP contribution in [0.3, 0.4) is 0 Å². The third-order valence-electron chi connectivity index (χ3n) is 4.59. The number of aromatic nitrogens is 2. The molecule has 1 heterocycles. The highest BCUT2D eigenvalue weighted by atomic mass is 16.2. The second-order valence-corrected chi connectivity index (χ2v) is 6.28. The van der Waals surface area contributed by atoms with Crippen molar-refractivity contribution in [3.8, 4) is 0 Å². The summed E-state index contributed by atoms with van der Waals surface area (Å²) >= 11 is 0. The van der Waals surface area contributed by atoms with E-state index in [9.17, 15) is 14.4 Å². The highest BCUT2D eigenvalue weighted by Crippen LogP contribution is 2.09. The standard InChI is InChI=1S/C19H28N4O3/c1-4-7-11-23-18(25)15-9-8-14(13-16(15)21-19(23)26)17(24)20-10-12-22(5-2)6-3/h8-9,13H,4-7,10-12H2,1-3H3,(H,20,24)(H,21,26). The summed E-state index contributed by atoms with van der Waals surface area (Å²) in [7, 11) is 0. The van der Waals surface area contributed by atoms with Crippen molar-refractivity contribution in [1.82, 2.24) is 19.8 Å². The fourth-order valence-electron chi connectivity index (χ4n) is 2.88. The summed E-state index contributed by atoms with van der Waals surface area (Å²) in [6.07, 6.45) is 1.66. The van der Waals surface area contributed by atoms with Crippen molar-refractivity contribution >= 4 is 16.8 Å². The van der Waals surface area contributed by atoms with E-state index in [1.165, 1.54) is 4.57 Å². The second-order valence-electron chi connectivity index (χ2n) is 6.28. The van der Waals surface area contributed by atoms with Gasteiger partial charge in [-0.25, -0.2) is 4.79 Å². The van der Waals surface area contributed by atoms with Gasteiger partial charge in [0.05, 0.1) is 10.9 Å². The summed E-state index contributed by atoms with van der Waals surface area (Å²) in [5.41, 5.74) is 0.0725. The fraction of sp³-hybridized carbons (Fsp3) is 0.526. The Balaban J connectivity index is 2.19. The zero-order valence-electron chi connectivity index (χ0n) is 15.8. The molecule has 26 heavy (non-hydrogen) atoms. The molecule has 0 atom stereocenters. The molecule has 7 heteroatoms. The van der Waals surface area contributed by atoms with Crippen LogP contribution < -0.4 is 16.6 Å². The van der Waals surface area contributed by atoms with Gasteiger partial charge in [0.1, 0.15) is 0 Å². The summed E-state index contributed by atoms with van der Waals surface area (Å²) in [6, 6.07) is 4.79. The quantitative estimate of drug-likeness (QED) is 0.710. The SMILES string of the molecule is CCCCn1c(=O)[nH]c2cc(C(=O)NCCN(CC)CC)ccc2c1=O. The zero-order valence-corrected chi connectivity index (χ0v) is 15.8. The number of rotatable bonds is 9. The summed E-state index contributed by atoms with van der Waals surface area (Å²) in [5, 5.41) is 3.29. The molecule has 0 aliphatic heterocycles. The van der Waals surface area contributed by atoms with Crippen LogP contribution in [0.1, 0.15) is 44.0 Å². The molecular formula is C19H28N4O3. The zero-order chi connectivity index (χ0) is 19.1. The number of hydrogen-bond donors (Lipinski definition) is 2. The fourth-order valence-corrected chi connectivity index (χ4v) is 2.88. The molecule has 0 fully saturated rings. The van der Waals surface area contributed by atoms with E-state index in [2.05, 4.69) is 29.0 Å². The lowest BCUT2D eigenvalue weighted by Crippen LogP contribution is -2.36. The molecule has 7 nitrogen and oxygen atoms in total. The smallest absolute Gasteiger partial charge is 0.328 e. The van der Waals surface area contributed by atoms with E-state index >= 15 is 0 Å². The minimum absolute atomic E-state index is 0.213. The van der Waals surface area contributed by atoms with Gasteiger partial charge in [0, 0.05) is 25.2 Å². The number of carbonyl (C=O) groups excluding carboxylic acids is 1. The van der Waals surface area contributed by atoms with E-state index < -0.39 is 5.69 Å². The highest BCUT2D eigenvalue weighted by molar-refractivity contribution is 5.97. The van der Waals surface area contributed by atoms with Crippen molar-refractivity contribution in [2.24, 2.45) is 0 Å². The maximum absolute atomic E-state index is 12.5. The second kappa shape index (κ2) is 9.33. The first-order valence-corrected chi connectivity index (χ1v) is 9.29. The van der Waals surface area contributed by atoms with E-state index in [4.69, 9.17) is 0 Å². The van der Waals surface area contributed by atoms with E-state index in [0.29, 0.717) is 29.6 Å². The number of aromatic amines is 1. The predicted molar refractivity (Wildman–Crippen MR) is 104 cm³/mol. The molecule has 0 radical (unpaired) electrons. The Morgan fingerprint density at radius 2 is 1.92 bits per heavy atom. The Morgan fingerprint density at radius 1 is 1.19 bits per heavy atom. The number of fused-ring (bicyclic) bond motifs is 1. The molecule has 0 saturated carbocycles. The average molecular weight is 360 g/mol. The van der Waals surface area contributed by atoms with Crippen LogP contribution in [0.5, 0.6) is 0 Å². The number of likely N-dealkylation sites (N-methyl/N-ethyl adjacent to an activating group) is 1. The molecule has 2 N–H and O–H groups in total. The first-order valence-electron chi connectivity index (χ1n) is 9.29. The van der Waals surface area contributed by atoms with Crippen LogP contribution in [-0.4, -0.2) is 46.5 Å². The number of unbranched alkanes of at least 4 members (excludes halogenated alkanes) is 1. The van der Waals surface area contributed by atoms with E-state index in [-0.39, 0.29) is 11.5 Å². The molecule has 1 aromatic carbocycles. The predicted octanol–water partition coefficient (Wildman–Crippen LogP) is 1.56. The minimum atomic E-state index is -0.435. The number of nitrogens with zero attached hydrogens (tertiary/aromatic N) is 2. The van der Waals surface area contributed by atoms with Gasteiger partial charge in [0.25, 0.3) is 11.5 Å². The average Bonchev–Trinajstić information content (AvgIpc) is 2.64. The third kappa shape index (κ3) is 4.60. The number of carbonyl (C=O) groups is 1. The van der Waals surface area contributed by atoms with Crippen LogP contribution in [0.4, 0.5) is 0 Å². The van der Waals surface area contributed by atoms with Crippen LogP contribution >= 0.6 is 0 Å². The molecule has 2 aromatic rings.